The Kier molecular flexibility index (Phi) is 7.53. The molecule has 0 unspecified atom stereocenters. The molecule has 1 aliphatic heterocycles. The van der Waals surface area contributed by atoms with Crippen LogP contribution >= 0.6 is 31.1 Å². The Labute approximate surface area is 141 Å². The van der Waals surface area contributed by atoms with Crippen LogP contribution < -0.4 is 0 Å². The molecule has 1 heterocycles. The van der Waals surface area contributed by atoms with Gasteiger partial charge in [-0.2, -0.15) is 0 Å². The van der Waals surface area contributed by atoms with Gasteiger partial charge in [0.25, 0.3) is 0 Å². The van der Waals surface area contributed by atoms with Crippen LogP contribution in [-0.2, 0) is 23.1 Å². The third-order valence-electron chi connectivity index (χ3n) is 2.72. The molecule has 0 bridgehead atoms. The summed E-state index contributed by atoms with van der Waals surface area (Å²) >= 11 is 2.79. The Balaban J connectivity index is 3.31. The maximum Gasteiger partial charge on any atom is 0.361 e. The van der Waals surface area contributed by atoms with Gasteiger partial charge in [-0.1, -0.05) is 6.08 Å². The smallest absolute Gasteiger partial charge is 0.361 e. The first-order chi connectivity index (χ1) is 10.2. The summed E-state index contributed by atoms with van der Waals surface area (Å²) < 4.78 is 29.6. The van der Waals surface area contributed by atoms with Crippen LogP contribution in [0.25, 0.3) is 0 Å². The van der Waals surface area contributed by atoms with E-state index in [-0.39, 0.29) is 12.2 Å². The summed E-state index contributed by atoms with van der Waals surface area (Å²) in [6, 6.07) is 0. The summed E-state index contributed by atoms with van der Waals surface area (Å²) in [4.78, 5) is 11.4. The molecule has 8 heteroatoms. The molecule has 0 spiro atoms. The Morgan fingerprint density at radius 1 is 1.32 bits per heavy atom. The Bertz CT molecular complexity index is 452. The molecule has 0 N–H and O–H groups in total. The Morgan fingerprint density at radius 3 is 2.27 bits per heavy atom. The van der Waals surface area contributed by atoms with Crippen LogP contribution in [0.2, 0.25) is 0 Å². The van der Waals surface area contributed by atoms with Crippen LogP contribution in [0.3, 0.4) is 0 Å². The van der Waals surface area contributed by atoms with E-state index in [0.29, 0.717) is 5.75 Å². The van der Waals surface area contributed by atoms with E-state index in [0.717, 1.165) is 0 Å². The zero-order valence-corrected chi connectivity index (χ0v) is 16.4. The highest BCUT2D eigenvalue weighted by atomic mass is 32.2. The van der Waals surface area contributed by atoms with Crippen LogP contribution in [0.4, 0.5) is 0 Å². The molecule has 0 aromatic rings. The zero-order chi connectivity index (χ0) is 17.0. The lowest BCUT2D eigenvalue weighted by molar-refractivity contribution is -0.144. The van der Waals surface area contributed by atoms with E-state index in [1.165, 1.54) is 30.4 Å². The largest absolute Gasteiger partial charge is 0.455 e. The second kappa shape index (κ2) is 8.25. The number of esters is 1. The normalized spacial score (nSPS) is 25.7. The summed E-state index contributed by atoms with van der Waals surface area (Å²) in [5.41, 5.74) is 0. The molecular weight excluding hydrogens is 343 g/mol. The van der Waals surface area contributed by atoms with Gasteiger partial charge in [0.05, 0.1) is 12.2 Å². The Morgan fingerprint density at radius 2 is 1.86 bits per heavy atom. The molecule has 1 rings (SSSR count). The molecule has 22 heavy (non-hydrogen) atoms. The van der Waals surface area contributed by atoms with Crippen molar-refractivity contribution in [1.29, 1.82) is 0 Å². The first-order valence-corrected chi connectivity index (χ1v) is 10.9. The summed E-state index contributed by atoms with van der Waals surface area (Å²) in [7, 11) is -3.55. The van der Waals surface area contributed by atoms with Crippen LogP contribution in [0.5, 0.6) is 0 Å². The third kappa shape index (κ3) is 4.54. The lowest BCUT2D eigenvalue weighted by Crippen LogP contribution is -2.41. The average Bonchev–Trinajstić information content (AvgIpc) is 2.36. The zero-order valence-electron chi connectivity index (χ0n) is 13.9. The van der Waals surface area contributed by atoms with Gasteiger partial charge in [-0.15, -0.1) is 23.5 Å². The molecule has 0 radical (unpaired) electrons. The second-order valence-corrected chi connectivity index (χ2v) is 10.7. The molecule has 0 fully saturated rings. The number of hydrogen-bond acceptors (Lipinski definition) is 7. The van der Waals surface area contributed by atoms with Crippen molar-refractivity contribution in [3.63, 3.8) is 0 Å². The highest BCUT2D eigenvalue weighted by molar-refractivity contribution is 8.25. The first-order valence-electron chi connectivity index (χ1n) is 7.16. The summed E-state index contributed by atoms with van der Waals surface area (Å²) in [5.74, 6) is 0.238. The molecule has 5 nitrogen and oxygen atoms in total. The number of rotatable bonds is 7. The summed E-state index contributed by atoms with van der Waals surface area (Å²) in [6.45, 7) is 8.60. The summed E-state index contributed by atoms with van der Waals surface area (Å²) in [5, 5.41) is 0. The lowest BCUT2D eigenvalue weighted by Gasteiger charge is -2.43. The molecule has 0 amide bonds. The van der Waals surface area contributed by atoms with E-state index < -0.39 is 23.5 Å². The quantitative estimate of drug-likeness (QED) is 0.377. The van der Waals surface area contributed by atoms with Crippen LogP contribution in [0.1, 0.15) is 34.6 Å². The van der Waals surface area contributed by atoms with Crippen molar-refractivity contribution >= 4 is 37.1 Å². The average molecular weight is 368 g/mol. The molecule has 0 aromatic heterocycles. The molecule has 0 aromatic carbocycles. The van der Waals surface area contributed by atoms with Crippen molar-refractivity contribution in [3.8, 4) is 0 Å². The number of hydrogen-bond donors (Lipinski definition) is 0. The minimum atomic E-state index is -3.55. The van der Waals surface area contributed by atoms with Crippen molar-refractivity contribution < 1.29 is 23.1 Å². The van der Waals surface area contributed by atoms with Crippen molar-refractivity contribution in [1.82, 2.24) is 0 Å². The second-order valence-electron chi connectivity index (χ2n) is 5.41. The predicted octanol–water partition coefficient (Wildman–Crippen LogP) is 4.28. The summed E-state index contributed by atoms with van der Waals surface area (Å²) in [6.07, 6.45) is 4.32. The molecule has 128 valence electrons. The van der Waals surface area contributed by atoms with Gasteiger partial charge in [-0.05, 0) is 40.0 Å². The van der Waals surface area contributed by atoms with Crippen molar-refractivity contribution in [3.05, 3.63) is 12.2 Å². The van der Waals surface area contributed by atoms with Crippen LogP contribution in [0, 0.1) is 0 Å². The Hall–Kier alpha value is 0.0600. The van der Waals surface area contributed by atoms with Gasteiger partial charge in [0.1, 0.15) is 0 Å². The minimum absolute atomic E-state index is 0.266. The van der Waals surface area contributed by atoms with E-state index in [1.54, 1.807) is 6.08 Å². The lowest BCUT2D eigenvalue weighted by atomic mass is 10.3. The fourth-order valence-electron chi connectivity index (χ4n) is 2.09. The highest BCUT2D eigenvalue weighted by Gasteiger charge is 2.59. The van der Waals surface area contributed by atoms with Crippen molar-refractivity contribution in [2.45, 2.75) is 56.8 Å². The SMILES string of the molecule is CS[C@]1(P(=O)(OC(C)C)OC(C)C)SCC=C[C@H]1OC(C)=O. The van der Waals surface area contributed by atoms with E-state index in [4.69, 9.17) is 13.8 Å². The molecule has 1 aliphatic rings. The monoisotopic (exact) mass is 368 g/mol. The number of thioether (sulfide) groups is 2. The van der Waals surface area contributed by atoms with E-state index in [2.05, 4.69) is 0 Å². The van der Waals surface area contributed by atoms with Gasteiger partial charge in [0.2, 0.25) is 3.82 Å². The van der Waals surface area contributed by atoms with Gasteiger partial charge in [0, 0.05) is 12.7 Å². The van der Waals surface area contributed by atoms with Gasteiger partial charge in [-0.3, -0.25) is 9.36 Å². The van der Waals surface area contributed by atoms with Gasteiger partial charge >= 0.3 is 13.6 Å². The molecular formula is C14H25O5PS2. The first kappa shape index (κ1) is 20.1. The fraction of sp³-hybridized carbons (Fsp3) is 0.786. The molecule has 0 saturated carbocycles. The number of carbonyl (C=O) groups is 1. The van der Waals surface area contributed by atoms with E-state index in [9.17, 15) is 9.36 Å². The van der Waals surface area contributed by atoms with E-state index >= 15 is 0 Å². The maximum absolute atomic E-state index is 13.6. The van der Waals surface area contributed by atoms with Crippen LogP contribution in [-0.4, -0.2) is 40.1 Å². The minimum Gasteiger partial charge on any atom is -0.455 e. The van der Waals surface area contributed by atoms with Gasteiger partial charge < -0.3 is 13.8 Å². The highest BCUT2D eigenvalue weighted by Crippen LogP contribution is 2.72. The van der Waals surface area contributed by atoms with Gasteiger partial charge in [0.15, 0.2) is 6.10 Å². The van der Waals surface area contributed by atoms with Gasteiger partial charge in [-0.25, -0.2) is 0 Å². The third-order valence-corrected chi connectivity index (χ3v) is 10.1. The molecule has 0 saturated heterocycles. The predicted molar refractivity (Wildman–Crippen MR) is 93.4 cm³/mol. The van der Waals surface area contributed by atoms with Crippen LogP contribution in [0.15, 0.2) is 12.2 Å². The van der Waals surface area contributed by atoms with Crippen molar-refractivity contribution in [2.24, 2.45) is 0 Å². The fourth-order valence-corrected chi connectivity index (χ4v) is 8.03. The number of carbonyl (C=O) groups excluding carboxylic acids is 1. The molecule has 0 aliphatic carbocycles. The topological polar surface area (TPSA) is 61.8 Å². The molecule has 2 atom stereocenters. The van der Waals surface area contributed by atoms with E-state index in [1.807, 2.05) is 40.0 Å². The van der Waals surface area contributed by atoms with Crippen molar-refractivity contribution in [2.75, 3.05) is 12.0 Å². The maximum atomic E-state index is 13.6. The standard InChI is InChI=1S/C14H25O5PS2/c1-10(2)18-20(16,19-11(3)4)14(21-6)13(17-12(5)15)8-7-9-22-14/h7-8,10-11,13H,9H2,1-6H3/t13-,14+/m1/s1. The number of ether oxygens (including phenoxy) is 1.